The second-order valence-electron chi connectivity index (χ2n) is 5.77. The summed E-state index contributed by atoms with van der Waals surface area (Å²) >= 11 is 1.46. The first-order valence-electron chi connectivity index (χ1n) is 7.90. The van der Waals surface area contributed by atoms with Crippen LogP contribution in [0.5, 0.6) is 0 Å². The van der Waals surface area contributed by atoms with Gasteiger partial charge in [0, 0.05) is 17.3 Å². The van der Waals surface area contributed by atoms with Crippen molar-refractivity contribution in [3.05, 3.63) is 35.0 Å². The third-order valence-corrected chi connectivity index (χ3v) is 5.27. The molecule has 0 bridgehead atoms. The maximum Gasteiger partial charge on any atom is 0.264 e. The molecule has 2 heterocycles. The monoisotopic (exact) mass is 356 g/mol. The van der Waals surface area contributed by atoms with Crippen molar-refractivity contribution in [3.8, 4) is 0 Å². The van der Waals surface area contributed by atoms with Gasteiger partial charge >= 0.3 is 0 Å². The van der Waals surface area contributed by atoms with Gasteiger partial charge in [0.25, 0.3) is 5.91 Å². The highest BCUT2D eigenvalue weighted by molar-refractivity contribution is 7.20. The Kier molecular flexibility index (Phi) is 6.39. The van der Waals surface area contributed by atoms with Crippen molar-refractivity contribution in [2.45, 2.75) is 32.2 Å². The van der Waals surface area contributed by atoms with Crippen LogP contribution < -0.4 is 5.32 Å². The van der Waals surface area contributed by atoms with E-state index in [0.717, 1.165) is 49.0 Å². The number of amides is 1. The minimum Gasteiger partial charge on any atom is -0.335 e. The molecule has 0 aliphatic carbocycles. The topological polar surface area (TPSA) is 32.3 Å². The molecular formula is C17H22ClFN2OS. The number of rotatable bonds is 4. The summed E-state index contributed by atoms with van der Waals surface area (Å²) in [5, 5.41) is 4.16. The molecule has 1 aliphatic rings. The van der Waals surface area contributed by atoms with Gasteiger partial charge in [0.05, 0.1) is 4.88 Å². The van der Waals surface area contributed by atoms with Crippen LogP contribution in [0.4, 0.5) is 4.39 Å². The number of carbonyl (C=O) groups excluding carboxylic acids is 1. The van der Waals surface area contributed by atoms with Crippen LogP contribution >= 0.6 is 23.7 Å². The number of hydrogen-bond donors (Lipinski definition) is 1. The molecular weight excluding hydrogens is 335 g/mol. The lowest BCUT2D eigenvalue weighted by molar-refractivity contribution is 0.0648. The van der Waals surface area contributed by atoms with E-state index in [4.69, 9.17) is 0 Å². The van der Waals surface area contributed by atoms with Gasteiger partial charge in [-0.1, -0.05) is 6.92 Å². The Labute approximate surface area is 146 Å². The van der Waals surface area contributed by atoms with Gasteiger partial charge < -0.3 is 10.2 Å². The van der Waals surface area contributed by atoms with Crippen LogP contribution in [0.25, 0.3) is 10.1 Å². The Hall–Kier alpha value is -1.17. The summed E-state index contributed by atoms with van der Waals surface area (Å²) in [6, 6.07) is 6.84. The molecule has 1 amide bonds. The normalized spacial score (nSPS) is 15.4. The standard InChI is InChI=1S/C17H21FN2OS.ClH/c1-2-9-20(14-5-7-19-8-6-14)17(21)16-11-12-10-13(18)3-4-15(12)22-16;/h3-4,10-11,14,19H,2,5-9H2,1H3;1H. The van der Waals surface area contributed by atoms with Crippen LogP contribution in [-0.4, -0.2) is 36.5 Å². The van der Waals surface area contributed by atoms with Crippen LogP contribution in [0.2, 0.25) is 0 Å². The number of nitrogens with zero attached hydrogens (tertiary/aromatic N) is 1. The van der Waals surface area contributed by atoms with Gasteiger partial charge in [-0.25, -0.2) is 4.39 Å². The van der Waals surface area contributed by atoms with Gasteiger partial charge in [-0.05, 0) is 62.0 Å². The predicted octanol–water partition coefficient (Wildman–Crippen LogP) is 4.07. The van der Waals surface area contributed by atoms with Crippen LogP contribution in [0.3, 0.4) is 0 Å². The van der Waals surface area contributed by atoms with E-state index in [2.05, 4.69) is 12.2 Å². The van der Waals surface area contributed by atoms with E-state index in [-0.39, 0.29) is 24.1 Å². The minimum atomic E-state index is -0.256. The first kappa shape index (κ1) is 18.2. The van der Waals surface area contributed by atoms with E-state index in [0.29, 0.717) is 10.9 Å². The van der Waals surface area contributed by atoms with Crippen molar-refractivity contribution < 1.29 is 9.18 Å². The van der Waals surface area contributed by atoms with E-state index in [1.165, 1.54) is 23.5 Å². The zero-order chi connectivity index (χ0) is 15.5. The molecule has 0 saturated carbocycles. The van der Waals surface area contributed by atoms with Crippen molar-refractivity contribution in [1.29, 1.82) is 0 Å². The molecule has 0 unspecified atom stereocenters. The van der Waals surface area contributed by atoms with Crippen LogP contribution in [-0.2, 0) is 0 Å². The number of benzene rings is 1. The highest BCUT2D eigenvalue weighted by Gasteiger charge is 2.26. The predicted molar refractivity (Wildman–Crippen MR) is 96.3 cm³/mol. The second-order valence-corrected chi connectivity index (χ2v) is 6.86. The fourth-order valence-corrected chi connectivity index (χ4v) is 4.07. The van der Waals surface area contributed by atoms with E-state index < -0.39 is 0 Å². The summed E-state index contributed by atoms with van der Waals surface area (Å²) in [6.45, 7) is 4.82. The average molecular weight is 357 g/mol. The minimum absolute atomic E-state index is 0. The molecule has 3 nitrogen and oxygen atoms in total. The van der Waals surface area contributed by atoms with Crippen LogP contribution in [0.1, 0.15) is 35.9 Å². The molecule has 1 fully saturated rings. The number of halogens is 2. The molecule has 0 radical (unpaired) electrons. The summed E-state index contributed by atoms with van der Waals surface area (Å²) in [4.78, 5) is 15.6. The molecule has 0 spiro atoms. The first-order chi connectivity index (χ1) is 10.7. The maximum absolute atomic E-state index is 13.3. The van der Waals surface area contributed by atoms with Gasteiger partial charge in [0.1, 0.15) is 5.82 Å². The Morgan fingerprint density at radius 2 is 2.09 bits per heavy atom. The van der Waals surface area contributed by atoms with E-state index in [1.807, 2.05) is 11.0 Å². The molecule has 1 aromatic heterocycles. The van der Waals surface area contributed by atoms with Crippen molar-refractivity contribution in [3.63, 3.8) is 0 Å². The quantitative estimate of drug-likeness (QED) is 0.895. The van der Waals surface area contributed by atoms with Gasteiger partial charge in [-0.15, -0.1) is 23.7 Å². The zero-order valence-electron chi connectivity index (χ0n) is 13.2. The zero-order valence-corrected chi connectivity index (χ0v) is 14.8. The molecule has 23 heavy (non-hydrogen) atoms. The van der Waals surface area contributed by atoms with Gasteiger partial charge in [0.15, 0.2) is 0 Å². The third kappa shape index (κ3) is 4.03. The Bertz CT molecular complexity index is 670. The fraction of sp³-hybridized carbons (Fsp3) is 0.471. The van der Waals surface area contributed by atoms with E-state index in [1.54, 1.807) is 6.07 Å². The van der Waals surface area contributed by atoms with Crippen molar-refractivity contribution in [1.82, 2.24) is 10.2 Å². The van der Waals surface area contributed by atoms with Crippen molar-refractivity contribution in [2.24, 2.45) is 0 Å². The van der Waals surface area contributed by atoms with Crippen molar-refractivity contribution >= 4 is 39.7 Å². The van der Waals surface area contributed by atoms with Gasteiger partial charge in [-0.2, -0.15) is 0 Å². The number of nitrogens with one attached hydrogen (secondary N) is 1. The molecule has 1 saturated heterocycles. The summed E-state index contributed by atoms with van der Waals surface area (Å²) in [5.41, 5.74) is 0. The molecule has 1 aromatic carbocycles. The Balaban J connectivity index is 0.00000192. The van der Waals surface area contributed by atoms with Crippen LogP contribution in [0, 0.1) is 5.82 Å². The number of thiophene rings is 1. The summed E-state index contributed by atoms with van der Waals surface area (Å²) in [5.74, 6) is -0.163. The third-order valence-electron chi connectivity index (χ3n) is 4.16. The molecule has 3 rings (SSSR count). The summed E-state index contributed by atoms with van der Waals surface area (Å²) < 4.78 is 14.3. The molecule has 1 N–H and O–H groups in total. The molecule has 126 valence electrons. The number of hydrogen-bond acceptors (Lipinski definition) is 3. The smallest absolute Gasteiger partial charge is 0.264 e. The lowest BCUT2D eigenvalue weighted by Crippen LogP contribution is -2.46. The fourth-order valence-electron chi connectivity index (χ4n) is 3.07. The highest BCUT2D eigenvalue weighted by Crippen LogP contribution is 2.28. The van der Waals surface area contributed by atoms with Gasteiger partial charge in [0.2, 0.25) is 0 Å². The van der Waals surface area contributed by atoms with Gasteiger partial charge in [-0.3, -0.25) is 4.79 Å². The molecule has 0 atom stereocenters. The highest BCUT2D eigenvalue weighted by atomic mass is 35.5. The average Bonchev–Trinajstić information content (AvgIpc) is 2.96. The molecule has 2 aromatic rings. The summed E-state index contributed by atoms with van der Waals surface area (Å²) in [7, 11) is 0. The number of fused-ring (bicyclic) bond motifs is 1. The first-order valence-corrected chi connectivity index (χ1v) is 8.71. The number of carbonyl (C=O) groups is 1. The summed E-state index contributed by atoms with van der Waals surface area (Å²) in [6.07, 6.45) is 2.96. The maximum atomic E-state index is 13.3. The largest absolute Gasteiger partial charge is 0.335 e. The van der Waals surface area contributed by atoms with Crippen molar-refractivity contribution in [2.75, 3.05) is 19.6 Å². The Morgan fingerprint density at radius 1 is 1.35 bits per heavy atom. The molecule has 6 heteroatoms. The second kappa shape index (κ2) is 8.08. The van der Waals surface area contributed by atoms with E-state index >= 15 is 0 Å². The Morgan fingerprint density at radius 3 is 2.78 bits per heavy atom. The van der Waals surface area contributed by atoms with Crippen LogP contribution in [0.15, 0.2) is 24.3 Å². The SMILES string of the molecule is CCCN(C(=O)c1cc2cc(F)ccc2s1)C1CCNCC1.Cl. The molecule has 1 aliphatic heterocycles. The lowest BCUT2D eigenvalue weighted by Gasteiger charge is -2.34. The number of piperidine rings is 1. The lowest BCUT2D eigenvalue weighted by atomic mass is 10.0. The van der Waals surface area contributed by atoms with E-state index in [9.17, 15) is 9.18 Å².